The average molecular weight is 225 g/mol. The largest absolute Gasteiger partial charge is 0.481 e. The molecule has 0 aromatic rings. The monoisotopic (exact) mass is 225 g/mol. The van der Waals surface area contributed by atoms with E-state index in [1.807, 2.05) is 0 Å². The van der Waals surface area contributed by atoms with Crippen molar-refractivity contribution < 1.29 is 23.1 Å². The Labute approximate surface area is 85.9 Å². The van der Waals surface area contributed by atoms with Gasteiger partial charge in [-0.1, -0.05) is 0 Å². The van der Waals surface area contributed by atoms with Crippen LogP contribution in [0.3, 0.4) is 0 Å². The van der Waals surface area contributed by atoms with Crippen molar-refractivity contribution in [1.82, 2.24) is 4.90 Å². The Kier molecular flexibility index (Phi) is 3.59. The molecule has 1 saturated heterocycles. The van der Waals surface area contributed by atoms with Crippen LogP contribution in [-0.2, 0) is 4.79 Å². The molecular weight excluding hydrogens is 211 g/mol. The van der Waals surface area contributed by atoms with E-state index in [1.165, 1.54) is 0 Å². The summed E-state index contributed by atoms with van der Waals surface area (Å²) in [5.41, 5.74) is 0. The van der Waals surface area contributed by atoms with Crippen LogP contribution in [0, 0.1) is 5.92 Å². The fourth-order valence-corrected chi connectivity index (χ4v) is 2.11. The Morgan fingerprint density at radius 1 is 1.53 bits per heavy atom. The lowest BCUT2D eigenvalue weighted by molar-refractivity contribution is -0.150. The van der Waals surface area contributed by atoms with Crippen molar-refractivity contribution in [3.05, 3.63) is 0 Å². The molecule has 1 aliphatic rings. The first-order valence-corrected chi connectivity index (χ1v) is 4.78. The SMILES string of the molecule is CN1CCC(CC(=O)O)C1CC(F)(F)F. The van der Waals surface area contributed by atoms with E-state index in [0.29, 0.717) is 13.0 Å². The van der Waals surface area contributed by atoms with E-state index in [9.17, 15) is 18.0 Å². The third-order valence-corrected chi connectivity index (χ3v) is 2.84. The normalized spacial score (nSPS) is 28.3. The third-order valence-electron chi connectivity index (χ3n) is 2.84. The molecular formula is C9H14F3NO2. The maximum absolute atomic E-state index is 12.2. The minimum Gasteiger partial charge on any atom is -0.481 e. The van der Waals surface area contributed by atoms with Crippen LogP contribution in [0.4, 0.5) is 13.2 Å². The van der Waals surface area contributed by atoms with Crippen LogP contribution in [0.15, 0.2) is 0 Å². The molecule has 2 unspecified atom stereocenters. The number of alkyl halides is 3. The Hall–Kier alpha value is -0.780. The smallest absolute Gasteiger partial charge is 0.390 e. The van der Waals surface area contributed by atoms with Crippen LogP contribution in [0.2, 0.25) is 0 Å². The van der Waals surface area contributed by atoms with Gasteiger partial charge in [-0.2, -0.15) is 13.2 Å². The van der Waals surface area contributed by atoms with Gasteiger partial charge in [0, 0.05) is 12.5 Å². The number of carboxylic acid groups (broad SMARTS) is 1. The van der Waals surface area contributed by atoms with E-state index >= 15 is 0 Å². The fourth-order valence-electron chi connectivity index (χ4n) is 2.11. The minimum absolute atomic E-state index is 0.176. The second kappa shape index (κ2) is 4.38. The minimum atomic E-state index is -4.22. The van der Waals surface area contributed by atoms with Gasteiger partial charge in [-0.3, -0.25) is 4.79 Å². The Morgan fingerprint density at radius 2 is 2.13 bits per heavy atom. The van der Waals surface area contributed by atoms with Crippen LogP contribution in [0.1, 0.15) is 19.3 Å². The maximum Gasteiger partial charge on any atom is 0.390 e. The molecule has 15 heavy (non-hydrogen) atoms. The molecule has 88 valence electrons. The number of aliphatic carboxylic acids is 1. The molecule has 2 atom stereocenters. The molecule has 1 aliphatic heterocycles. The number of carboxylic acids is 1. The topological polar surface area (TPSA) is 40.5 Å². The lowest BCUT2D eigenvalue weighted by Crippen LogP contribution is -2.34. The van der Waals surface area contributed by atoms with Gasteiger partial charge in [0.15, 0.2) is 0 Å². The van der Waals surface area contributed by atoms with Crippen molar-refractivity contribution in [1.29, 1.82) is 0 Å². The Balaban J connectivity index is 2.60. The Bertz CT molecular complexity index is 242. The van der Waals surface area contributed by atoms with E-state index in [2.05, 4.69) is 0 Å². The van der Waals surface area contributed by atoms with Gasteiger partial charge < -0.3 is 10.0 Å². The fraction of sp³-hybridized carbons (Fsp3) is 0.889. The van der Waals surface area contributed by atoms with Gasteiger partial charge in [-0.25, -0.2) is 0 Å². The highest BCUT2D eigenvalue weighted by Gasteiger charge is 2.41. The summed E-state index contributed by atoms with van der Waals surface area (Å²) in [6.45, 7) is 0.540. The highest BCUT2D eigenvalue weighted by molar-refractivity contribution is 5.67. The molecule has 6 heteroatoms. The van der Waals surface area contributed by atoms with Crippen molar-refractivity contribution in [3.8, 4) is 0 Å². The number of rotatable bonds is 3. The number of halogens is 3. The van der Waals surface area contributed by atoms with E-state index in [-0.39, 0.29) is 12.3 Å². The third kappa shape index (κ3) is 3.70. The standard InChI is InChI=1S/C9H14F3NO2/c1-13-3-2-6(4-8(14)15)7(13)5-9(10,11)12/h6-7H,2-5H2,1H3,(H,14,15). The van der Waals surface area contributed by atoms with E-state index in [1.54, 1.807) is 11.9 Å². The van der Waals surface area contributed by atoms with Crippen LogP contribution in [-0.4, -0.2) is 41.8 Å². The van der Waals surface area contributed by atoms with Crippen LogP contribution in [0.5, 0.6) is 0 Å². The molecule has 1 fully saturated rings. The lowest BCUT2D eigenvalue weighted by Gasteiger charge is -2.25. The number of carbonyl (C=O) groups is 1. The summed E-state index contributed by atoms with van der Waals surface area (Å²) < 4.78 is 36.7. The highest BCUT2D eigenvalue weighted by atomic mass is 19.4. The summed E-state index contributed by atoms with van der Waals surface area (Å²) >= 11 is 0. The second-order valence-electron chi connectivity index (χ2n) is 4.01. The second-order valence-corrected chi connectivity index (χ2v) is 4.01. The maximum atomic E-state index is 12.2. The molecule has 3 nitrogen and oxygen atoms in total. The van der Waals surface area contributed by atoms with E-state index < -0.39 is 24.6 Å². The predicted molar refractivity (Wildman–Crippen MR) is 47.4 cm³/mol. The quantitative estimate of drug-likeness (QED) is 0.795. The van der Waals surface area contributed by atoms with E-state index in [0.717, 1.165) is 0 Å². The van der Waals surface area contributed by atoms with Gasteiger partial charge in [0.1, 0.15) is 0 Å². The number of hydrogen-bond acceptors (Lipinski definition) is 2. The summed E-state index contributed by atoms with van der Waals surface area (Å²) in [6, 6.07) is -0.680. The van der Waals surface area contributed by atoms with Crippen LogP contribution >= 0.6 is 0 Å². The van der Waals surface area contributed by atoms with Crippen molar-refractivity contribution in [3.63, 3.8) is 0 Å². The average Bonchev–Trinajstić information content (AvgIpc) is 2.32. The van der Waals surface area contributed by atoms with E-state index in [4.69, 9.17) is 5.11 Å². The zero-order chi connectivity index (χ0) is 11.6. The summed E-state index contributed by atoms with van der Waals surface area (Å²) in [4.78, 5) is 12.1. The molecule has 0 radical (unpaired) electrons. The first kappa shape index (κ1) is 12.3. The highest BCUT2D eigenvalue weighted by Crippen LogP contribution is 2.34. The van der Waals surface area contributed by atoms with Crippen molar-refractivity contribution in [2.24, 2.45) is 5.92 Å². The molecule has 0 saturated carbocycles. The first-order chi connectivity index (χ1) is 6.79. The molecule has 0 aromatic heterocycles. The van der Waals surface area contributed by atoms with Gasteiger partial charge in [-0.05, 0) is 25.9 Å². The van der Waals surface area contributed by atoms with Crippen LogP contribution in [0.25, 0.3) is 0 Å². The zero-order valence-corrected chi connectivity index (χ0v) is 8.42. The van der Waals surface area contributed by atoms with Gasteiger partial charge in [-0.15, -0.1) is 0 Å². The number of nitrogens with zero attached hydrogens (tertiary/aromatic N) is 1. The van der Waals surface area contributed by atoms with Gasteiger partial charge >= 0.3 is 12.1 Å². The summed E-state index contributed by atoms with van der Waals surface area (Å²) in [6.07, 6.45) is -4.78. The first-order valence-electron chi connectivity index (χ1n) is 4.78. The molecule has 1 rings (SSSR count). The van der Waals surface area contributed by atoms with Gasteiger partial charge in [0.25, 0.3) is 0 Å². The molecule has 0 aromatic carbocycles. The molecule has 1 N–H and O–H groups in total. The molecule has 1 heterocycles. The zero-order valence-electron chi connectivity index (χ0n) is 8.42. The van der Waals surface area contributed by atoms with Crippen molar-refractivity contribution in [2.45, 2.75) is 31.5 Å². The van der Waals surface area contributed by atoms with Crippen LogP contribution < -0.4 is 0 Å². The summed E-state index contributed by atoms with van der Waals surface area (Å²) in [5.74, 6) is -1.41. The predicted octanol–water partition coefficient (Wildman–Crippen LogP) is 1.73. The Morgan fingerprint density at radius 3 is 2.60 bits per heavy atom. The molecule has 0 spiro atoms. The van der Waals surface area contributed by atoms with Gasteiger partial charge in [0.05, 0.1) is 6.42 Å². The van der Waals surface area contributed by atoms with Gasteiger partial charge in [0.2, 0.25) is 0 Å². The number of hydrogen-bond donors (Lipinski definition) is 1. The number of likely N-dealkylation sites (tertiary alicyclic amines) is 1. The molecule has 0 aliphatic carbocycles. The lowest BCUT2D eigenvalue weighted by atomic mass is 9.94. The molecule has 0 bridgehead atoms. The van der Waals surface area contributed by atoms with Crippen molar-refractivity contribution in [2.75, 3.05) is 13.6 Å². The summed E-state index contributed by atoms with van der Waals surface area (Å²) in [5, 5.41) is 8.58. The van der Waals surface area contributed by atoms with Crippen molar-refractivity contribution >= 4 is 5.97 Å². The summed E-state index contributed by atoms with van der Waals surface area (Å²) in [7, 11) is 1.61. The molecule has 0 amide bonds.